The maximum absolute atomic E-state index is 12.3. The van der Waals surface area contributed by atoms with Crippen molar-refractivity contribution in [2.75, 3.05) is 13.2 Å². The predicted octanol–water partition coefficient (Wildman–Crippen LogP) is 2.01. The number of carbonyl (C=O) groups excluding carboxylic acids is 1. The summed E-state index contributed by atoms with van der Waals surface area (Å²) in [6, 6.07) is 0. The largest absolute Gasteiger partial charge is 0.491 e. The molecule has 2 aromatic rings. The minimum absolute atomic E-state index is 0.000715. The second-order valence-corrected chi connectivity index (χ2v) is 5.55. The van der Waals surface area contributed by atoms with Gasteiger partial charge in [0.2, 0.25) is 0 Å². The molecule has 0 aliphatic carbocycles. The number of fused-ring (bicyclic) bond motifs is 1. The standard InChI is InChI=1S/C14H15N3O6S/c1-4-22-7(3)11-15-12(19)10-8(6-9(18)23-5-2)14(17(20)21)24-13(10)16-11/h3-6H2,1-2H3,(H,15,16,19). The first-order valence-electron chi connectivity index (χ1n) is 7.06. The Morgan fingerprint density at radius 3 is 2.62 bits per heavy atom. The molecule has 1 N–H and O–H groups in total. The number of aromatic nitrogens is 2. The average molecular weight is 353 g/mol. The van der Waals surface area contributed by atoms with Crippen molar-refractivity contribution in [3.63, 3.8) is 0 Å². The van der Waals surface area contributed by atoms with Crippen LogP contribution in [0, 0.1) is 10.1 Å². The van der Waals surface area contributed by atoms with Gasteiger partial charge in [0.25, 0.3) is 5.56 Å². The SMILES string of the molecule is C=C(OCC)c1nc2sc([N+](=O)[O-])c(CC(=O)OCC)c2c(=O)[nH]1. The van der Waals surface area contributed by atoms with Crippen LogP contribution in [-0.4, -0.2) is 34.1 Å². The highest BCUT2D eigenvalue weighted by molar-refractivity contribution is 7.21. The number of ether oxygens (including phenoxy) is 2. The minimum atomic E-state index is -0.650. The summed E-state index contributed by atoms with van der Waals surface area (Å²) in [6.07, 6.45) is -0.374. The number of H-pyrrole nitrogens is 1. The minimum Gasteiger partial charge on any atom is -0.491 e. The summed E-state index contributed by atoms with van der Waals surface area (Å²) in [5.74, 6) is -0.407. The Morgan fingerprint density at radius 2 is 2.04 bits per heavy atom. The molecule has 2 rings (SSSR count). The maximum Gasteiger partial charge on any atom is 0.330 e. The lowest BCUT2D eigenvalue weighted by Gasteiger charge is -2.05. The van der Waals surface area contributed by atoms with Crippen molar-refractivity contribution >= 4 is 38.3 Å². The van der Waals surface area contributed by atoms with Crippen molar-refractivity contribution in [2.45, 2.75) is 20.3 Å². The van der Waals surface area contributed by atoms with Gasteiger partial charge in [-0.25, -0.2) is 4.98 Å². The van der Waals surface area contributed by atoms with Crippen LogP contribution >= 0.6 is 11.3 Å². The summed E-state index contributed by atoms with van der Waals surface area (Å²) in [7, 11) is 0. The molecule has 128 valence electrons. The third-order valence-electron chi connectivity index (χ3n) is 3.01. The van der Waals surface area contributed by atoms with Crippen LogP contribution in [0.3, 0.4) is 0 Å². The summed E-state index contributed by atoms with van der Waals surface area (Å²) in [5, 5.41) is 10.9. The Hall–Kier alpha value is -2.75. The Morgan fingerprint density at radius 1 is 1.38 bits per heavy atom. The molecule has 0 bridgehead atoms. The van der Waals surface area contributed by atoms with E-state index >= 15 is 0 Å². The number of nitro groups is 1. The van der Waals surface area contributed by atoms with E-state index in [4.69, 9.17) is 9.47 Å². The average Bonchev–Trinajstić information content (AvgIpc) is 2.87. The third-order valence-corrected chi connectivity index (χ3v) is 4.09. The topological polar surface area (TPSA) is 124 Å². The Balaban J connectivity index is 2.61. The Bertz CT molecular complexity index is 869. The Labute approximate surface area is 140 Å². The zero-order valence-corrected chi connectivity index (χ0v) is 13.9. The fourth-order valence-electron chi connectivity index (χ4n) is 2.10. The van der Waals surface area contributed by atoms with Gasteiger partial charge < -0.3 is 14.5 Å². The quantitative estimate of drug-likeness (QED) is 0.349. The van der Waals surface area contributed by atoms with E-state index in [0.717, 1.165) is 11.3 Å². The molecule has 2 heterocycles. The molecule has 9 nitrogen and oxygen atoms in total. The molecular formula is C14H15N3O6S. The van der Waals surface area contributed by atoms with Crippen molar-refractivity contribution in [1.82, 2.24) is 9.97 Å². The lowest BCUT2D eigenvalue weighted by atomic mass is 10.1. The highest BCUT2D eigenvalue weighted by atomic mass is 32.1. The smallest absolute Gasteiger partial charge is 0.330 e. The first-order chi connectivity index (χ1) is 11.4. The van der Waals surface area contributed by atoms with Gasteiger partial charge in [-0.05, 0) is 25.2 Å². The van der Waals surface area contributed by atoms with Crippen LogP contribution in [-0.2, 0) is 20.7 Å². The molecule has 24 heavy (non-hydrogen) atoms. The summed E-state index contributed by atoms with van der Waals surface area (Å²) in [6.45, 7) is 7.48. The van der Waals surface area contributed by atoms with Crippen molar-refractivity contribution in [2.24, 2.45) is 0 Å². The fraction of sp³-hybridized carbons (Fsp3) is 0.357. The number of aromatic amines is 1. The van der Waals surface area contributed by atoms with Gasteiger partial charge in [0, 0.05) is 0 Å². The van der Waals surface area contributed by atoms with Crippen molar-refractivity contribution < 1.29 is 19.2 Å². The second kappa shape index (κ2) is 7.21. The molecule has 0 aliphatic rings. The molecule has 10 heteroatoms. The summed E-state index contributed by atoms with van der Waals surface area (Å²) < 4.78 is 9.99. The third kappa shape index (κ3) is 3.43. The van der Waals surface area contributed by atoms with Gasteiger partial charge in [-0.15, -0.1) is 0 Å². The molecule has 2 aromatic heterocycles. The maximum atomic E-state index is 12.3. The lowest BCUT2D eigenvalue weighted by Crippen LogP contribution is -2.14. The molecule has 0 unspecified atom stereocenters. The van der Waals surface area contributed by atoms with Crippen molar-refractivity contribution in [3.05, 3.63) is 38.4 Å². The number of rotatable bonds is 7. The zero-order chi connectivity index (χ0) is 17.9. The van der Waals surface area contributed by atoms with Gasteiger partial charge in [-0.2, -0.15) is 0 Å². The van der Waals surface area contributed by atoms with Crippen molar-refractivity contribution in [3.8, 4) is 0 Å². The molecule has 0 saturated heterocycles. The summed E-state index contributed by atoms with van der Waals surface area (Å²) in [5.41, 5.74) is -0.597. The molecule has 0 amide bonds. The monoisotopic (exact) mass is 353 g/mol. The molecule has 0 radical (unpaired) electrons. The first-order valence-corrected chi connectivity index (χ1v) is 7.88. The number of esters is 1. The van der Waals surface area contributed by atoms with Gasteiger partial charge in [0.15, 0.2) is 11.6 Å². The zero-order valence-electron chi connectivity index (χ0n) is 13.1. The number of thiophene rings is 1. The van der Waals surface area contributed by atoms with E-state index in [-0.39, 0.29) is 45.4 Å². The molecule has 0 spiro atoms. The van der Waals surface area contributed by atoms with Gasteiger partial charge in [-0.1, -0.05) is 6.58 Å². The van der Waals surface area contributed by atoms with Crippen molar-refractivity contribution in [1.29, 1.82) is 0 Å². The van der Waals surface area contributed by atoms with Crippen LogP contribution in [0.4, 0.5) is 5.00 Å². The van der Waals surface area contributed by atoms with E-state index in [1.54, 1.807) is 13.8 Å². The number of nitrogens with zero attached hydrogens (tertiary/aromatic N) is 2. The fourth-order valence-corrected chi connectivity index (χ4v) is 3.11. The number of carbonyl (C=O) groups is 1. The van der Waals surface area contributed by atoms with E-state index in [1.165, 1.54) is 0 Å². The highest BCUT2D eigenvalue weighted by Crippen LogP contribution is 2.35. The molecule has 0 saturated carbocycles. The summed E-state index contributed by atoms with van der Waals surface area (Å²) in [4.78, 5) is 41.4. The second-order valence-electron chi connectivity index (χ2n) is 4.58. The molecule has 0 atom stereocenters. The number of nitrogens with one attached hydrogen (secondary N) is 1. The molecule has 0 fully saturated rings. The number of hydrogen-bond donors (Lipinski definition) is 1. The van der Waals surface area contributed by atoms with Gasteiger partial charge in [-0.3, -0.25) is 19.7 Å². The normalized spacial score (nSPS) is 10.6. The van der Waals surface area contributed by atoms with Gasteiger partial charge >= 0.3 is 11.0 Å². The van der Waals surface area contributed by atoms with E-state index in [1.807, 2.05) is 0 Å². The van der Waals surface area contributed by atoms with E-state index in [0.29, 0.717) is 6.61 Å². The van der Waals surface area contributed by atoms with E-state index in [9.17, 15) is 19.7 Å². The van der Waals surface area contributed by atoms with Crippen LogP contribution in [0.1, 0.15) is 25.2 Å². The van der Waals surface area contributed by atoms with Gasteiger partial charge in [0.05, 0.1) is 35.5 Å². The van der Waals surface area contributed by atoms with E-state index in [2.05, 4.69) is 16.5 Å². The predicted molar refractivity (Wildman–Crippen MR) is 87.9 cm³/mol. The van der Waals surface area contributed by atoms with Crippen LogP contribution in [0.2, 0.25) is 0 Å². The highest BCUT2D eigenvalue weighted by Gasteiger charge is 2.27. The lowest BCUT2D eigenvalue weighted by molar-refractivity contribution is -0.380. The van der Waals surface area contributed by atoms with E-state index < -0.39 is 16.5 Å². The molecule has 0 aliphatic heterocycles. The number of hydrogen-bond acceptors (Lipinski definition) is 8. The van der Waals surface area contributed by atoms with Crippen LogP contribution in [0.25, 0.3) is 16.0 Å². The van der Waals surface area contributed by atoms with Gasteiger partial charge in [0.1, 0.15) is 4.83 Å². The first kappa shape index (κ1) is 17.6. The van der Waals surface area contributed by atoms with Crippen LogP contribution in [0.15, 0.2) is 11.4 Å². The molecule has 0 aromatic carbocycles. The van der Waals surface area contributed by atoms with Crippen LogP contribution in [0.5, 0.6) is 0 Å². The van der Waals surface area contributed by atoms with Crippen LogP contribution < -0.4 is 5.56 Å². The summed E-state index contributed by atoms with van der Waals surface area (Å²) >= 11 is 0.721. The molecular weight excluding hydrogens is 338 g/mol. The Kier molecular flexibility index (Phi) is 5.29.